The van der Waals surface area contributed by atoms with Crippen LogP contribution in [0.5, 0.6) is 0 Å². The lowest BCUT2D eigenvalue weighted by Gasteiger charge is -2.44. The molecule has 0 aliphatic heterocycles. The second-order valence-corrected chi connectivity index (χ2v) is 8.72. The molecular formula is C22H42. The topological polar surface area (TPSA) is 0 Å². The number of hydrogen-bond acceptors (Lipinski definition) is 0. The van der Waals surface area contributed by atoms with Crippen molar-refractivity contribution in [1.82, 2.24) is 0 Å². The Bertz CT molecular complexity index is 276. The Balaban J connectivity index is 1.74. The molecule has 0 aromatic rings. The van der Waals surface area contributed by atoms with Crippen molar-refractivity contribution in [3.8, 4) is 0 Å². The van der Waals surface area contributed by atoms with Gasteiger partial charge in [-0.2, -0.15) is 0 Å². The summed E-state index contributed by atoms with van der Waals surface area (Å²) in [5.74, 6) is 3.26. The van der Waals surface area contributed by atoms with Crippen molar-refractivity contribution in [3.63, 3.8) is 0 Å². The van der Waals surface area contributed by atoms with Crippen molar-refractivity contribution in [2.45, 2.75) is 117 Å². The minimum atomic E-state index is 0.741. The first kappa shape index (κ1) is 18.3. The van der Waals surface area contributed by atoms with Crippen molar-refractivity contribution < 1.29 is 0 Å². The van der Waals surface area contributed by atoms with Crippen LogP contribution in [0.4, 0.5) is 0 Å². The smallest absolute Gasteiger partial charge is 0.0300 e. The van der Waals surface area contributed by atoms with E-state index in [1.165, 1.54) is 44.9 Å². The Kier molecular flexibility index (Phi) is 7.78. The second-order valence-electron chi connectivity index (χ2n) is 8.72. The maximum Gasteiger partial charge on any atom is -0.0300 e. The number of rotatable bonds is 8. The average Bonchev–Trinajstić information content (AvgIpc) is 2.57. The minimum absolute atomic E-state index is 0.741. The third-order valence-electron chi connectivity index (χ3n) is 7.41. The van der Waals surface area contributed by atoms with Crippen LogP contribution in [0.3, 0.4) is 0 Å². The van der Waals surface area contributed by atoms with Crippen LogP contribution >= 0.6 is 0 Å². The van der Waals surface area contributed by atoms with E-state index in [9.17, 15) is 0 Å². The highest BCUT2D eigenvalue weighted by atomic mass is 14.4. The summed E-state index contributed by atoms with van der Waals surface area (Å²) in [6.45, 7) is 7.16. The Hall–Kier alpha value is 0. The first-order valence-electron chi connectivity index (χ1n) is 10.7. The monoisotopic (exact) mass is 306 g/mol. The molecule has 22 heavy (non-hydrogen) atoms. The Labute approximate surface area is 140 Å². The van der Waals surface area contributed by atoms with Gasteiger partial charge in [0, 0.05) is 0 Å². The van der Waals surface area contributed by atoms with E-state index in [-0.39, 0.29) is 0 Å². The molecule has 0 unspecified atom stereocenters. The normalized spacial score (nSPS) is 36.4. The molecule has 2 aliphatic carbocycles. The van der Waals surface area contributed by atoms with Gasteiger partial charge in [-0.25, -0.2) is 0 Å². The molecule has 2 aliphatic rings. The fourth-order valence-electron chi connectivity index (χ4n) is 5.61. The molecule has 0 aromatic carbocycles. The predicted octanol–water partition coefficient (Wildman–Crippen LogP) is 7.76. The lowest BCUT2D eigenvalue weighted by Crippen LogP contribution is -2.31. The van der Waals surface area contributed by atoms with E-state index < -0.39 is 0 Å². The quantitative estimate of drug-likeness (QED) is 0.402. The summed E-state index contributed by atoms with van der Waals surface area (Å²) in [5.41, 5.74) is 0.741. The van der Waals surface area contributed by atoms with Crippen molar-refractivity contribution in [1.29, 1.82) is 0 Å². The van der Waals surface area contributed by atoms with Crippen LogP contribution < -0.4 is 0 Å². The molecule has 0 N–H and O–H groups in total. The van der Waals surface area contributed by atoms with Crippen LogP contribution in [-0.2, 0) is 0 Å². The van der Waals surface area contributed by atoms with Crippen molar-refractivity contribution in [3.05, 3.63) is 0 Å². The molecule has 0 saturated heterocycles. The van der Waals surface area contributed by atoms with Crippen LogP contribution in [0.25, 0.3) is 0 Å². The van der Waals surface area contributed by atoms with Crippen molar-refractivity contribution in [2.24, 2.45) is 23.2 Å². The van der Waals surface area contributed by atoms with E-state index in [1.807, 2.05) is 0 Å². The lowest BCUT2D eigenvalue weighted by molar-refractivity contribution is 0.0800. The summed E-state index contributed by atoms with van der Waals surface area (Å²) < 4.78 is 0. The van der Waals surface area contributed by atoms with Crippen LogP contribution in [0.15, 0.2) is 0 Å². The van der Waals surface area contributed by atoms with Gasteiger partial charge in [0.05, 0.1) is 0 Å². The second kappa shape index (κ2) is 9.33. The number of unbranched alkanes of at least 4 members (excludes halogenated alkanes) is 2. The molecule has 0 atom stereocenters. The molecule has 2 fully saturated rings. The molecule has 0 spiro atoms. The third kappa shape index (κ3) is 5.00. The molecule has 130 valence electrons. The van der Waals surface area contributed by atoms with Crippen molar-refractivity contribution >= 4 is 0 Å². The van der Waals surface area contributed by atoms with E-state index >= 15 is 0 Å². The Morgan fingerprint density at radius 2 is 1.36 bits per heavy atom. The van der Waals surface area contributed by atoms with E-state index in [0.717, 1.165) is 23.2 Å². The average molecular weight is 307 g/mol. The largest absolute Gasteiger partial charge is 0.0654 e. The molecule has 2 rings (SSSR count). The van der Waals surface area contributed by atoms with Gasteiger partial charge in [0.2, 0.25) is 0 Å². The first-order chi connectivity index (χ1) is 10.7. The van der Waals surface area contributed by atoms with Crippen LogP contribution in [-0.4, -0.2) is 0 Å². The van der Waals surface area contributed by atoms with Crippen LogP contribution in [0.2, 0.25) is 0 Å². The molecule has 0 nitrogen and oxygen atoms in total. The molecule has 0 heterocycles. The van der Waals surface area contributed by atoms with Crippen LogP contribution in [0.1, 0.15) is 117 Å². The summed E-state index contributed by atoms with van der Waals surface area (Å²) in [4.78, 5) is 0. The van der Waals surface area contributed by atoms with Gasteiger partial charge in [-0.15, -0.1) is 0 Å². The maximum absolute atomic E-state index is 2.46. The van der Waals surface area contributed by atoms with Gasteiger partial charge < -0.3 is 0 Å². The summed E-state index contributed by atoms with van der Waals surface area (Å²) in [6, 6.07) is 0. The Morgan fingerprint density at radius 1 is 0.727 bits per heavy atom. The lowest BCUT2D eigenvalue weighted by atomic mass is 9.62. The van der Waals surface area contributed by atoms with E-state index in [1.54, 1.807) is 51.4 Å². The zero-order valence-corrected chi connectivity index (χ0v) is 15.8. The Morgan fingerprint density at radius 3 is 1.91 bits per heavy atom. The standard InChI is InChI=1S/C22H42/c1-4-7-8-16-22(6-3)17-14-21(15-18-22)20-12-10-19(9-5-2)11-13-20/h19-21H,4-18H2,1-3H3. The molecule has 0 bridgehead atoms. The molecular weight excluding hydrogens is 264 g/mol. The number of hydrogen-bond donors (Lipinski definition) is 0. The zero-order valence-electron chi connectivity index (χ0n) is 15.8. The first-order valence-corrected chi connectivity index (χ1v) is 10.7. The van der Waals surface area contributed by atoms with Gasteiger partial charge >= 0.3 is 0 Å². The molecule has 0 radical (unpaired) electrons. The van der Waals surface area contributed by atoms with Gasteiger partial charge in [0.25, 0.3) is 0 Å². The molecule has 0 amide bonds. The molecule has 2 saturated carbocycles. The molecule has 0 aromatic heterocycles. The third-order valence-corrected chi connectivity index (χ3v) is 7.41. The summed E-state index contributed by atoms with van der Waals surface area (Å²) in [6.07, 6.45) is 22.6. The fraction of sp³-hybridized carbons (Fsp3) is 1.00. The van der Waals surface area contributed by atoms with Crippen LogP contribution in [0, 0.1) is 23.2 Å². The zero-order chi connectivity index (χ0) is 15.8. The van der Waals surface area contributed by atoms with Gasteiger partial charge in [-0.1, -0.05) is 72.1 Å². The summed E-state index contributed by atoms with van der Waals surface area (Å²) in [7, 11) is 0. The highest BCUT2D eigenvalue weighted by Crippen LogP contribution is 2.49. The maximum atomic E-state index is 2.46. The van der Waals surface area contributed by atoms with E-state index in [4.69, 9.17) is 0 Å². The highest BCUT2D eigenvalue weighted by Gasteiger charge is 2.36. The minimum Gasteiger partial charge on any atom is -0.0654 e. The predicted molar refractivity (Wildman–Crippen MR) is 99.2 cm³/mol. The highest BCUT2D eigenvalue weighted by molar-refractivity contribution is 4.88. The van der Waals surface area contributed by atoms with E-state index in [0.29, 0.717) is 0 Å². The molecule has 0 heteroatoms. The van der Waals surface area contributed by atoms with Gasteiger partial charge in [0.1, 0.15) is 0 Å². The van der Waals surface area contributed by atoms with Gasteiger partial charge in [0.15, 0.2) is 0 Å². The van der Waals surface area contributed by atoms with E-state index in [2.05, 4.69) is 20.8 Å². The summed E-state index contributed by atoms with van der Waals surface area (Å²) in [5, 5.41) is 0. The fourth-order valence-corrected chi connectivity index (χ4v) is 5.61. The van der Waals surface area contributed by atoms with Gasteiger partial charge in [-0.05, 0) is 68.1 Å². The SMILES string of the molecule is CCCCCC1(CC)CCC(C2CCC(CCC)CC2)CC1. The van der Waals surface area contributed by atoms with Crippen molar-refractivity contribution in [2.75, 3.05) is 0 Å². The summed E-state index contributed by atoms with van der Waals surface area (Å²) >= 11 is 0. The van der Waals surface area contributed by atoms with Gasteiger partial charge in [-0.3, -0.25) is 0 Å².